The number of ether oxygens (including phenoxy) is 6. The lowest BCUT2D eigenvalue weighted by atomic mass is 9.98. The van der Waals surface area contributed by atoms with Crippen molar-refractivity contribution >= 4 is 11.0 Å². The molecule has 1 aliphatic heterocycles. The summed E-state index contributed by atoms with van der Waals surface area (Å²) in [4.78, 5) is 12.9. The van der Waals surface area contributed by atoms with E-state index in [9.17, 15) is 45.6 Å². The molecule has 1 aromatic heterocycles. The predicted molar refractivity (Wildman–Crippen MR) is 168 cm³/mol. The average molecular weight is 689 g/mol. The maximum Gasteiger partial charge on any atom is 0.204 e. The molecule has 0 saturated carbocycles. The highest BCUT2D eigenvalue weighted by Crippen LogP contribution is 2.44. The van der Waals surface area contributed by atoms with Crippen LogP contribution in [0.1, 0.15) is 11.7 Å². The van der Waals surface area contributed by atoms with Gasteiger partial charge >= 0.3 is 0 Å². The zero-order valence-corrected chi connectivity index (χ0v) is 26.4. The summed E-state index contributed by atoms with van der Waals surface area (Å²) >= 11 is 0. The molecule has 1 aliphatic rings. The Balaban J connectivity index is 1.56. The molecule has 3 aromatic carbocycles. The van der Waals surface area contributed by atoms with Crippen LogP contribution in [0.4, 0.5) is 0 Å². The van der Waals surface area contributed by atoms with Crippen LogP contribution >= 0.6 is 0 Å². The van der Waals surface area contributed by atoms with Crippen LogP contribution in [0.25, 0.3) is 22.3 Å². The zero-order chi connectivity index (χ0) is 35.6. The van der Waals surface area contributed by atoms with E-state index in [-0.39, 0.29) is 62.4 Å². The van der Waals surface area contributed by atoms with Crippen LogP contribution in [0.15, 0.2) is 57.7 Å². The van der Waals surface area contributed by atoms with Crippen molar-refractivity contribution < 1.29 is 73.7 Å². The van der Waals surface area contributed by atoms with Crippen molar-refractivity contribution in [3.8, 4) is 51.6 Å². The summed E-state index contributed by atoms with van der Waals surface area (Å²) in [5.74, 6) is -0.960. The third kappa shape index (κ3) is 7.02. The Labute approximate surface area is 278 Å². The number of phenolic OH excluding ortho intramolecular Hbond substituents is 3. The van der Waals surface area contributed by atoms with E-state index in [0.717, 1.165) is 12.1 Å². The van der Waals surface area contributed by atoms with Crippen molar-refractivity contribution in [2.75, 3.05) is 34.5 Å². The van der Waals surface area contributed by atoms with E-state index in [4.69, 9.17) is 32.8 Å². The molecular weight excluding hydrogens is 652 g/mol. The number of hydrogen-bond acceptors (Lipinski definition) is 16. The van der Waals surface area contributed by atoms with Crippen molar-refractivity contribution in [1.29, 1.82) is 0 Å². The molecule has 0 bridgehead atoms. The Morgan fingerprint density at radius 2 is 1.47 bits per heavy atom. The van der Waals surface area contributed by atoms with Gasteiger partial charge in [-0.2, -0.15) is 0 Å². The minimum absolute atomic E-state index is 0.0179. The highest BCUT2D eigenvalue weighted by Gasteiger charge is 2.46. The minimum atomic E-state index is -1.80. The topological polar surface area (TPSA) is 247 Å². The lowest BCUT2D eigenvalue weighted by Crippen LogP contribution is -2.59. The van der Waals surface area contributed by atoms with E-state index in [2.05, 4.69) is 0 Å². The highest BCUT2D eigenvalue weighted by molar-refractivity contribution is 5.86. The van der Waals surface area contributed by atoms with Gasteiger partial charge in [-0.3, -0.25) is 4.79 Å². The Morgan fingerprint density at radius 3 is 2.08 bits per heavy atom. The molecule has 0 amide bonds. The van der Waals surface area contributed by atoms with Gasteiger partial charge in [0.25, 0.3) is 0 Å². The summed E-state index contributed by atoms with van der Waals surface area (Å²) in [6, 6.07) is 10.3. The first-order chi connectivity index (χ1) is 23.4. The predicted octanol–water partition coefficient (Wildman–Crippen LogP) is 0.900. The van der Waals surface area contributed by atoms with E-state index in [0.29, 0.717) is 0 Å². The lowest BCUT2D eigenvalue weighted by Gasteiger charge is -2.41. The largest absolute Gasteiger partial charge is 0.508 e. The van der Waals surface area contributed by atoms with Crippen LogP contribution in [0.3, 0.4) is 0 Å². The molecule has 264 valence electrons. The van der Waals surface area contributed by atoms with Gasteiger partial charge in [-0.15, -0.1) is 0 Å². The maximum absolute atomic E-state index is 12.9. The van der Waals surface area contributed by atoms with E-state index < -0.39 is 67.3 Å². The number of methoxy groups -OCH3 is 3. The van der Waals surface area contributed by atoms with Gasteiger partial charge in [-0.05, 0) is 29.8 Å². The molecule has 1 saturated heterocycles. The van der Waals surface area contributed by atoms with E-state index in [1.165, 1.54) is 57.7 Å². The number of aromatic hydroxyl groups is 3. The van der Waals surface area contributed by atoms with Crippen molar-refractivity contribution in [2.45, 2.75) is 42.9 Å². The molecule has 0 aliphatic carbocycles. The van der Waals surface area contributed by atoms with Gasteiger partial charge in [0.05, 0.1) is 34.5 Å². The van der Waals surface area contributed by atoms with Crippen molar-refractivity contribution in [3.63, 3.8) is 0 Å². The molecule has 2 heterocycles. The lowest BCUT2D eigenvalue weighted by molar-refractivity contribution is -0.318. The number of benzene rings is 3. The normalized spacial score (nSPS) is 22.0. The SMILES string of the molecule is COc1cc([C@H](O[C@@H]2O[C@H](CO)[C@@H](O)[C@H](O)[C@H]2O)[C@H](CO)Oc2c(OC)cc(-c3cc(=O)c4c(O)cc(O)cc4o3)cc2OC)ccc1O. The van der Waals surface area contributed by atoms with E-state index in [1.54, 1.807) is 0 Å². The van der Waals surface area contributed by atoms with Crippen LogP contribution in [0.5, 0.6) is 40.2 Å². The molecule has 16 heteroatoms. The monoisotopic (exact) mass is 688 g/mol. The first-order valence-corrected chi connectivity index (χ1v) is 14.8. The number of phenols is 3. The van der Waals surface area contributed by atoms with Gasteiger partial charge in [0.2, 0.25) is 5.75 Å². The molecule has 0 unspecified atom stereocenters. The summed E-state index contributed by atoms with van der Waals surface area (Å²) in [7, 11) is 3.95. The number of rotatable bonds is 12. The van der Waals surface area contributed by atoms with Gasteiger partial charge in [-0.1, -0.05) is 6.07 Å². The number of fused-ring (bicyclic) bond motifs is 1. The first-order valence-electron chi connectivity index (χ1n) is 14.8. The fraction of sp³-hybridized carbons (Fsp3) is 0.364. The standard InChI is InChI=1S/C33H36O16/c1-43-21-6-14(4-5-17(21)37)31(49-33-30(42)29(41)28(40)25(12-34)48-33)26(13-35)47-32-23(44-2)7-15(8-24(32)45-3)20-11-19(39)27-18(38)9-16(36)10-22(27)46-20/h4-11,25-26,28-31,33-38,40-42H,12-13H2,1-3H3/t25-,26+,28-,29+,30-,31+,33+/m1/s1. The minimum Gasteiger partial charge on any atom is -0.508 e. The molecule has 7 atom stereocenters. The second-order valence-corrected chi connectivity index (χ2v) is 11.0. The average Bonchev–Trinajstić information content (AvgIpc) is 3.09. The summed E-state index contributed by atoms with van der Waals surface area (Å²) in [5.41, 5.74) is -0.175. The number of aliphatic hydroxyl groups excluding tert-OH is 5. The van der Waals surface area contributed by atoms with Gasteiger partial charge in [-0.25, -0.2) is 0 Å². The molecule has 5 rings (SSSR count). The maximum atomic E-state index is 12.9. The molecule has 1 fully saturated rings. The number of aliphatic hydroxyl groups is 5. The smallest absolute Gasteiger partial charge is 0.204 e. The Hall–Kier alpha value is -4.81. The molecule has 0 spiro atoms. The van der Waals surface area contributed by atoms with Crippen molar-refractivity contribution in [1.82, 2.24) is 0 Å². The summed E-state index contributed by atoms with van der Waals surface area (Å²) < 4.78 is 40.1. The first kappa shape index (κ1) is 35.5. The molecule has 8 N–H and O–H groups in total. The van der Waals surface area contributed by atoms with Crippen LogP contribution in [0.2, 0.25) is 0 Å². The second-order valence-electron chi connectivity index (χ2n) is 11.0. The van der Waals surface area contributed by atoms with Crippen LogP contribution in [-0.2, 0) is 9.47 Å². The van der Waals surface area contributed by atoms with Gasteiger partial charge < -0.3 is 73.7 Å². The van der Waals surface area contributed by atoms with Gasteiger partial charge in [0.1, 0.15) is 58.7 Å². The molecule has 49 heavy (non-hydrogen) atoms. The molecule has 16 nitrogen and oxygen atoms in total. The van der Waals surface area contributed by atoms with Crippen LogP contribution in [-0.4, -0.2) is 112 Å². The summed E-state index contributed by atoms with van der Waals surface area (Å²) in [5, 5.41) is 81.8. The van der Waals surface area contributed by atoms with Crippen LogP contribution < -0.4 is 24.4 Å². The molecule has 4 aromatic rings. The van der Waals surface area contributed by atoms with Gasteiger partial charge in [0.15, 0.2) is 40.8 Å². The van der Waals surface area contributed by atoms with Crippen molar-refractivity contribution in [2.24, 2.45) is 0 Å². The summed E-state index contributed by atoms with van der Waals surface area (Å²) in [6.45, 7) is -1.46. The van der Waals surface area contributed by atoms with Gasteiger partial charge in [0, 0.05) is 23.8 Å². The third-order valence-corrected chi connectivity index (χ3v) is 7.99. The zero-order valence-electron chi connectivity index (χ0n) is 26.4. The summed E-state index contributed by atoms with van der Waals surface area (Å²) in [6.07, 6.45) is -10.9. The second kappa shape index (κ2) is 14.8. The Bertz CT molecular complexity index is 1810. The Morgan fingerprint density at radius 1 is 0.796 bits per heavy atom. The Kier molecular flexibility index (Phi) is 10.7. The fourth-order valence-electron chi connectivity index (χ4n) is 5.46. The van der Waals surface area contributed by atoms with Crippen molar-refractivity contribution in [3.05, 3.63) is 64.3 Å². The number of hydrogen-bond donors (Lipinski definition) is 8. The molecule has 0 radical (unpaired) electrons. The third-order valence-electron chi connectivity index (χ3n) is 7.99. The fourth-order valence-corrected chi connectivity index (χ4v) is 5.46. The molecular formula is C33H36O16. The van der Waals surface area contributed by atoms with E-state index in [1.807, 2.05) is 0 Å². The van der Waals surface area contributed by atoms with Crippen LogP contribution in [0, 0.1) is 0 Å². The highest BCUT2D eigenvalue weighted by atomic mass is 16.7. The van der Waals surface area contributed by atoms with E-state index >= 15 is 0 Å². The quantitative estimate of drug-likeness (QED) is 0.103.